The van der Waals surface area contributed by atoms with E-state index in [9.17, 15) is 0 Å². The zero-order chi connectivity index (χ0) is 19.2. The van der Waals surface area contributed by atoms with E-state index in [2.05, 4.69) is 44.1 Å². The van der Waals surface area contributed by atoms with Crippen molar-refractivity contribution in [2.45, 2.75) is 25.9 Å². The Bertz CT molecular complexity index is 786. The van der Waals surface area contributed by atoms with Crippen LogP contribution in [-0.4, -0.2) is 44.3 Å². The van der Waals surface area contributed by atoms with Crippen LogP contribution in [0.25, 0.3) is 0 Å². The fraction of sp³-hybridized carbons (Fsp3) is 0.476. The average Bonchev–Trinajstić information content (AvgIpc) is 3.40. The molecule has 0 bridgehead atoms. The lowest BCUT2D eigenvalue weighted by Gasteiger charge is -2.32. The molecule has 0 amide bonds. The van der Waals surface area contributed by atoms with Gasteiger partial charge >= 0.3 is 0 Å². The van der Waals surface area contributed by atoms with Gasteiger partial charge in [-0.3, -0.25) is 9.89 Å². The van der Waals surface area contributed by atoms with Crippen LogP contribution in [0.3, 0.4) is 0 Å². The van der Waals surface area contributed by atoms with Crippen molar-refractivity contribution in [1.29, 1.82) is 0 Å². The molecule has 150 valence electrons. The maximum absolute atomic E-state index is 5.44. The molecule has 1 fully saturated rings. The molecule has 1 aromatic heterocycles. The van der Waals surface area contributed by atoms with Crippen molar-refractivity contribution in [2.75, 3.05) is 33.5 Å². The van der Waals surface area contributed by atoms with E-state index in [1.165, 1.54) is 30.8 Å². The summed E-state index contributed by atoms with van der Waals surface area (Å²) in [7, 11) is 1.82. The lowest BCUT2D eigenvalue weighted by Crippen LogP contribution is -2.42. The summed E-state index contributed by atoms with van der Waals surface area (Å²) in [5, 5.41) is 9.04. The number of benzene rings is 1. The Morgan fingerprint density at radius 2 is 2.04 bits per heavy atom. The Kier molecular flexibility index (Phi) is 6.34. The molecule has 0 aliphatic carbocycles. The Balaban J connectivity index is 1.18. The number of likely N-dealkylation sites (tertiary alicyclic amines) is 1. The number of hydrogen-bond donors (Lipinski definition) is 2. The van der Waals surface area contributed by atoms with Crippen LogP contribution in [0.4, 0.5) is 0 Å². The molecule has 6 nitrogen and oxygen atoms in total. The molecule has 0 spiro atoms. The molecule has 4 rings (SSSR count). The van der Waals surface area contributed by atoms with Crippen LogP contribution in [-0.2, 0) is 13.1 Å². The Labute approximate surface area is 170 Å². The number of hydrogen-bond acceptors (Lipinski definition) is 5. The predicted molar refractivity (Wildman–Crippen MR) is 113 cm³/mol. The third kappa shape index (κ3) is 4.97. The van der Waals surface area contributed by atoms with Gasteiger partial charge in [0.1, 0.15) is 0 Å². The maximum atomic E-state index is 5.44. The van der Waals surface area contributed by atoms with E-state index in [0.717, 1.165) is 36.1 Å². The summed E-state index contributed by atoms with van der Waals surface area (Å²) < 4.78 is 10.8. The summed E-state index contributed by atoms with van der Waals surface area (Å²) in [5.41, 5.74) is 1.15. The SMILES string of the molecule is CN=C(NCc1ccc2c(c1)OCO2)NCC1CCN(Cc2cccs2)CC1. The van der Waals surface area contributed by atoms with Gasteiger partial charge in [-0.2, -0.15) is 0 Å². The normalized spacial score (nSPS) is 17.7. The Morgan fingerprint density at radius 3 is 2.82 bits per heavy atom. The van der Waals surface area contributed by atoms with E-state index in [-0.39, 0.29) is 0 Å². The number of nitrogens with zero attached hydrogens (tertiary/aromatic N) is 2. The molecule has 2 aliphatic rings. The van der Waals surface area contributed by atoms with Gasteiger partial charge in [-0.25, -0.2) is 0 Å². The van der Waals surface area contributed by atoms with E-state index >= 15 is 0 Å². The van der Waals surface area contributed by atoms with Crippen LogP contribution in [0.15, 0.2) is 40.7 Å². The summed E-state index contributed by atoms with van der Waals surface area (Å²) in [6.07, 6.45) is 2.47. The Morgan fingerprint density at radius 1 is 1.18 bits per heavy atom. The van der Waals surface area contributed by atoms with E-state index in [4.69, 9.17) is 9.47 Å². The monoisotopic (exact) mass is 400 g/mol. The minimum atomic E-state index is 0.307. The molecular formula is C21H28N4O2S. The third-order valence-electron chi connectivity index (χ3n) is 5.35. The lowest BCUT2D eigenvalue weighted by atomic mass is 9.97. The largest absolute Gasteiger partial charge is 0.454 e. The molecule has 3 heterocycles. The van der Waals surface area contributed by atoms with Crippen molar-refractivity contribution in [3.8, 4) is 11.5 Å². The number of thiophene rings is 1. The molecule has 2 N–H and O–H groups in total. The highest BCUT2D eigenvalue weighted by molar-refractivity contribution is 7.09. The van der Waals surface area contributed by atoms with Crippen LogP contribution < -0.4 is 20.1 Å². The average molecular weight is 401 g/mol. The highest BCUT2D eigenvalue weighted by atomic mass is 32.1. The van der Waals surface area contributed by atoms with Crippen molar-refractivity contribution >= 4 is 17.3 Å². The van der Waals surface area contributed by atoms with Crippen LogP contribution in [0.2, 0.25) is 0 Å². The summed E-state index contributed by atoms with van der Waals surface area (Å²) in [6, 6.07) is 10.4. The van der Waals surface area contributed by atoms with E-state index in [1.807, 2.05) is 30.5 Å². The van der Waals surface area contributed by atoms with Gasteiger partial charge in [-0.05, 0) is 61.0 Å². The standard InChI is InChI=1S/C21H28N4O2S/c1-22-21(24-13-17-4-5-19-20(11-17)27-15-26-19)23-12-16-6-8-25(9-7-16)14-18-3-2-10-28-18/h2-5,10-11,16H,6-9,12-15H2,1H3,(H2,22,23,24). The number of fused-ring (bicyclic) bond motifs is 1. The molecule has 28 heavy (non-hydrogen) atoms. The zero-order valence-corrected chi connectivity index (χ0v) is 17.1. The van der Waals surface area contributed by atoms with E-state index in [1.54, 1.807) is 0 Å². The number of piperidine rings is 1. The quantitative estimate of drug-likeness (QED) is 0.577. The fourth-order valence-corrected chi connectivity index (χ4v) is 4.42. The molecule has 1 aromatic carbocycles. The molecule has 1 saturated heterocycles. The van der Waals surface area contributed by atoms with Crippen molar-refractivity contribution in [3.63, 3.8) is 0 Å². The smallest absolute Gasteiger partial charge is 0.231 e. The van der Waals surface area contributed by atoms with Gasteiger partial charge in [-0.1, -0.05) is 12.1 Å². The first kappa shape index (κ1) is 19.1. The van der Waals surface area contributed by atoms with Gasteiger partial charge in [0.25, 0.3) is 0 Å². The van der Waals surface area contributed by atoms with Crippen molar-refractivity contribution < 1.29 is 9.47 Å². The summed E-state index contributed by atoms with van der Waals surface area (Å²) in [4.78, 5) is 8.38. The molecular weight excluding hydrogens is 372 g/mol. The topological polar surface area (TPSA) is 58.1 Å². The summed E-state index contributed by atoms with van der Waals surface area (Å²) >= 11 is 1.85. The highest BCUT2D eigenvalue weighted by Gasteiger charge is 2.20. The first-order chi connectivity index (χ1) is 13.8. The van der Waals surface area contributed by atoms with Crippen molar-refractivity contribution in [2.24, 2.45) is 10.9 Å². The number of rotatable bonds is 6. The van der Waals surface area contributed by atoms with Gasteiger partial charge < -0.3 is 20.1 Å². The van der Waals surface area contributed by atoms with Gasteiger partial charge in [0.15, 0.2) is 17.5 Å². The lowest BCUT2D eigenvalue weighted by molar-refractivity contribution is 0.174. The fourth-order valence-electron chi connectivity index (χ4n) is 3.67. The molecule has 7 heteroatoms. The van der Waals surface area contributed by atoms with Gasteiger partial charge in [0.05, 0.1) is 0 Å². The zero-order valence-electron chi connectivity index (χ0n) is 16.3. The minimum absolute atomic E-state index is 0.307. The van der Waals surface area contributed by atoms with E-state index in [0.29, 0.717) is 19.3 Å². The molecule has 0 radical (unpaired) electrons. The predicted octanol–water partition coefficient (Wildman–Crippen LogP) is 3.05. The summed E-state index contributed by atoms with van der Waals surface area (Å²) in [6.45, 7) is 5.42. The van der Waals surface area contributed by atoms with Crippen molar-refractivity contribution in [3.05, 3.63) is 46.2 Å². The van der Waals surface area contributed by atoms with Gasteiger partial charge in [0, 0.05) is 31.6 Å². The first-order valence-electron chi connectivity index (χ1n) is 9.88. The molecule has 2 aliphatic heterocycles. The highest BCUT2D eigenvalue weighted by Crippen LogP contribution is 2.32. The molecule has 2 aromatic rings. The van der Waals surface area contributed by atoms with Crippen LogP contribution in [0, 0.1) is 5.92 Å². The second kappa shape index (κ2) is 9.30. The summed E-state index contributed by atoms with van der Waals surface area (Å²) in [5.74, 6) is 3.18. The van der Waals surface area contributed by atoms with Gasteiger partial charge in [-0.15, -0.1) is 11.3 Å². The first-order valence-corrected chi connectivity index (χ1v) is 10.8. The van der Waals surface area contributed by atoms with Crippen molar-refractivity contribution in [1.82, 2.24) is 15.5 Å². The second-order valence-corrected chi connectivity index (χ2v) is 8.33. The minimum Gasteiger partial charge on any atom is -0.454 e. The van der Waals surface area contributed by atoms with Gasteiger partial charge in [0.2, 0.25) is 6.79 Å². The maximum Gasteiger partial charge on any atom is 0.231 e. The molecule has 0 saturated carbocycles. The van der Waals surface area contributed by atoms with Crippen LogP contribution >= 0.6 is 11.3 Å². The van der Waals surface area contributed by atoms with Crippen LogP contribution in [0.1, 0.15) is 23.3 Å². The van der Waals surface area contributed by atoms with E-state index < -0.39 is 0 Å². The second-order valence-electron chi connectivity index (χ2n) is 7.29. The number of ether oxygens (including phenoxy) is 2. The molecule has 0 unspecified atom stereocenters. The Hall–Kier alpha value is -2.25. The number of guanidine groups is 1. The number of aliphatic imine (C=N–C) groups is 1. The molecule has 0 atom stereocenters. The van der Waals surface area contributed by atoms with Crippen LogP contribution in [0.5, 0.6) is 11.5 Å². The third-order valence-corrected chi connectivity index (χ3v) is 6.21. The number of nitrogens with one attached hydrogen (secondary N) is 2.